The minimum absolute atomic E-state index is 0.00506. The fourth-order valence-electron chi connectivity index (χ4n) is 10.2. The summed E-state index contributed by atoms with van der Waals surface area (Å²) < 4.78 is 15.5. The highest BCUT2D eigenvalue weighted by molar-refractivity contribution is 7.90. The predicted octanol–water partition coefficient (Wildman–Crippen LogP) is 9.68. The zero-order valence-corrected chi connectivity index (χ0v) is 39.4. The summed E-state index contributed by atoms with van der Waals surface area (Å²) in [5, 5.41) is 1.89. The van der Waals surface area contributed by atoms with E-state index in [-0.39, 0.29) is 54.2 Å². The van der Waals surface area contributed by atoms with E-state index in [1.807, 2.05) is 71.4 Å². The van der Waals surface area contributed by atoms with Crippen LogP contribution in [0, 0.1) is 5.92 Å². The monoisotopic (exact) mass is 895 g/mol. The van der Waals surface area contributed by atoms with Crippen LogP contribution in [0.5, 0.6) is 5.75 Å². The third-order valence-electron chi connectivity index (χ3n) is 13.5. The van der Waals surface area contributed by atoms with E-state index in [9.17, 15) is 19.2 Å². The lowest BCUT2D eigenvalue weighted by Gasteiger charge is -2.31. The molecule has 0 bridgehead atoms. The van der Waals surface area contributed by atoms with Crippen LogP contribution in [0.1, 0.15) is 107 Å². The highest BCUT2D eigenvalue weighted by atomic mass is 32.2. The van der Waals surface area contributed by atoms with Crippen LogP contribution in [-0.4, -0.2) is 92.4 Å². The summed E-state index contributed by atoms with van der Waals surface area (Å²) in [5.41, 5.74) is 7.12. The molecule has 0 spiro atoms. The molecule has 2 fully saturated rings. The quantitative estimate of drug-likeness (QED) is 0.115. The minimum atomic E-state index is -0.802. The molecule has 1 aromatic heterocycles. The predicted molar refractivity (Wildman–Crippen MR) is 258 cm³/mol. The molecule has 4 aromatic carbocycles. The van der Waals surface area contributed by atoms with E-state index in [0.717, 1.165) is 87.9 Å². The van der Waals surface area contributed by atoms with Crippen molar-refractivity contribution in [2.75, 3.05) is 36.7 Å². The molecule has 0 radical (unpaired) electrons. The van der Waals surface area contributed by atoms with Crippen LogP contribution in [0.2, 0.25) is 0 Å². The molecule has 4 aliphatic heterocycles. The van der Waals surface area contributed by atoms with Gasteiger partial charge >= 0.3 is 0 Å². The Hall–Kier alpha value is -5.66. The molecule has 340 valence electrons. The summed E-state index contributed by atoms with van der Waals surface area (Å²) >= 11 is 0. The van der Waals surface area contributed by atoms with Crippen molar-refractivity contribution in [3.05, 3.63) is 95.9 Å². The molecule has 0 saturated carbocycles. The van der Waals surface area contributed by atoms with Gasteiger partial charge in [0.25, 0.3) is 5.91 Å². The lowest BCUT2D eigenvalue weighted by atomic mass is 9.92. The number of likely N-dealkylation sites (N-methyl/N-ethyl adjacent to an activating group) is 1. The van der Waals surface area contributed by atoms with E-state index in [1.54, 1.807) is 10.8 Å². The van der Waals surface area contributed by atoms with Crippen LogP contribution >= 0.6 is 0 Å². The van der Waals surface area contributed by atoms with Crippen LogP contribution in [0.25, 0.3) is 33.2 Å². The van der Waals surface area contributed by atoms with Crippen molar-refractivity contribution in [1.82, 2.24) is 24.3 Å². The largest absolute Gasteiger partial charge is 0.488 e. The lowest BCUT2D eigenvalue weighted by molar-refractivity contribution is -0.134. The van der Waals surface area contributed by atoms with Crippen molar-refractivity contribution in [3.63, 3.8) is 0 Å². The topological polar surface area (TPSA) is 121 Å². The second-order valence-corrected chi connectivity index (χ2v) is 20.2. The first-order valence-electron chi connectivity index (χ1n) is 23.5. The molecule has 3 amide bonds. The SMILES string of the molecule is CCCC(=O)n1c(-c2ccc3c(c2)COc2cc4c5c(ccc4cc2-3)N=S(C[C@H]2CC[C@@H](C)N2C(=O)CC(C)C)N5C(=O)CN(C)CC)cnc1[C@H]1CCCN1C(=O)Cc1ccccc1. The molecule has 65 heavy (non-hydrogen) atoms. The fourth-order valence-corrected chi connectivity index (χ4v) is 12.2. The summed E-state index contributed by atoms with van der Waals surface area (Å²) in [6.07, 6.45) is 7.10. The van der Waals surface area contributed by atoms with Crippen molar-refractivity contribution in [2.45, 2.75) is 111 Å². The number of hydrogen-bond donors (Lipinski definition) is 0. The van der Waals surface area contributed by atoms with Gasteiger partial charge in [-0.2, -0.15) is 0 Å². The first-order chi connectivity index (χ1) is 31.4. The number of amides is 3. The number of likely N-dealkylation sites (tertiary alicyclic amines) is 2. The minimum Gasteiger partial charge on any atom is -0.488 e. The molecule has 4 aliphatic rings. The van der Waals surface area contributed by atoms with Crippen molar-refractivity contribution in [1.29, 1.82) is 0 Å². The van der Waals surface area contributed by atoms with Gasteiger partial charge in [0.1, 0.15) is 18.2 Å². The Labute approximate surface area is 385 Å². The fraction of sp³-hybridized carbons (Fsp3) is 0.442. The molecular formula is C52H61N7O5S. The van der Waals surface area contributed by atoms with Gasteiger partial charge in [-0.15, -0.1) is 0 Å². The van der Waals surface area contributed by atoms with Crippen LogP contribution in [0.4, 0.5) is 11.4 Å². The molecule has 4 atom stereocenters. The Balaban J connectivity index is 1.03. The van der Waals surface area contributed by atoms with Gasteiger partial charge in [0.2, 0.25) is 17.7 Å². The summed E-state index contributed by atoms with van der Waals surface area (Å²) in [6, 6.07) is 24.3. The number of aromatic nitrogens is 2. The Morgan fingerprint density at radius 1 is 0.908 bits per heavy atom. The summed E-state index contributed by atoms with van der Waals surface area (Å²) in [7, 11) is 1.16. The van der Waals surface area contributed by atoms with Crippen LogP contribution in [0.15, 0.2) is 83.4 Å². The average Bonchev–Trinajstić information content (AvgIpc) is 4.11. The van der Waals surface area contributed by atoms with E-state index in [2.05, 4.69) is 62.1 Å². The van der Waals surface area contributed by atoms with E-state index in [1.165, 1.54) is 0 Å². The number of nitrogens with zero attached hydrogens (tertiary/aromatic N) is 7. The number of anilines is 1. The average molecular weight is 896 g/mol. The smallest absolute Gasteiger partial charge is 0.252 e. The molecule has 2 saturated heterocycles. The second kappa shape index (κ2) is 18.7. The molecule has 5 aromatic rings. The number of benzene rings is 4. The first-order valence-corrected chi connectivity index (χ1v) is 24.8. The van der Waals surface area contributed by atoms with Gasteiger partial charge in [0.05, 0.1) is 42.3 Å². The molecule has 9 rings (SSSR count). The third-order valence-corrected chi connectivity index (χ3v) is 15.4. The van der Waals surface area contributed by atoms with E-state index in [4.69, 9.17) is 14.1 Å². The summed E-state index contributed by atoms with van der Waals surface area (Å²) in [5.74, 6) is 2.42. The molecule has 5 heterocycles. The Morgan fingerprint density at radius 2 is 1.72 bits per heavy atom. The van der Waals surface area contributed by atoms with E-state index in [0.29, 0.717) is 56.1 Å². The zero-order chi connectivity index (χ0) is 45.5. The number of carbonyl (C=O) groups is 4. The third kappa shape index (κ3) is 8.65. The van der Waals surface area contributed by atoms with E-state index < -0.39 is 10.9 Å². The van der Waals surface area contributed by atoms with Crippen LogP contribution in [0.3, 0.4) is 0 Å². The number of rotatable bonds is 13. The lowest BCUT2D eigenvalue weighted by Crippen LogP contribution is -2.46. The molecule has 1 unspecified atom stereocenters. The van der Waals surface area contributed by atoms with Crippen molar-refractivity contribution >= 4 is 56.7 Å². The zero-order valence-electron chi connectivity index (χ0n) is 38.6. The number of hydrogen-bond acceptors (Lipinski definition) is 8. The standard InChI is InChI=1S/C52H61N7O5S/c1-7-13-47(60)58-45(29-53-52(58)44-16-12-23-56(44)48(61)25-35-14-10-9-11-15-35)37-18-21-40-38(26-37)31-64-46-28-41-36(27-42(40)46)19-22-43-51(41)59(50(63)30-55(6)8-2)65(54-43)32-39-20-17-34(5)57(39)49(62)24-33(3)4/h9-11,14-15,18-19,21-22,26-29,33-34,39,44H,7-8,12-13,16-17,20,23-25,30-32H2,1-6H3/t34-,39-,44-,65?/m1/s1. The first kappa shape index (κ1) is 44.5. The number of carbonyl (C=O) groups excluding carboxylic acids is 4. The molecule has 12 nitrogen and oxygen atoms in total. The normalized spacial score (nSPS) is 20.0. The van der Waals surface area contributed by atoms with Gasteiger partial charge in [-0.05, 0) is 105 Å². The Kier molecular flexibility index (Phi) is 12.8. The maximum absolute atomic E-state index is 14.4. The second-order valence-electron chi connectivity index (χ2n) is 18.6. The van der Waals surface area contributed by atoms with Crippen molar-refractivity contribution in [3.8, 4) is 28.1 Å². The maximum atomic E-state index is 14.4. The van der Waals surface area contributed by atoms with Gasteiger partial charge in [0, 0.05) is 64.6 Å². The van der Waals surface area contributed by atoms with Crippen molar-refractivity contribution in [2.24, 2.45) is 10.3 Å². The van der Waals surface area contributed by atoms with Crippen molar-refractivity contribution < 1.29 is 23.9 Å². The van der Waals surface area contributed by atoms with Gasteiger partial charge in [-0.3, -0.25) is 28.6 Å². The van der Waals surface area contributed by atoms with Crippen LogP contribution in [-0.2, 0) is 38.3 Å². The van der Waals surface area contributed by atoms with E-state index >= 15 is 0 Å². The molecule has 13 heteroatoms. The number of ether oxygens (including phenoxy) is 1. The van der Waals surface area contributed by atoms with Crippen LogP contribution < -0.4 is 9.04 Å². The van der Waals surface area contributed by atoms with Gasteiger partial charge in [-0.1, -0.05) is 76.2 Å². The van der Waals surface area contributed by atoms with Gasteiger partial charge < -0.3 is 14.5 Å². The van der Waals surface area contributed by atoms with Gasteiger partial charge in [0.15, 0.2) is 0 Å². The molecular weight excluding hydrogens is 835 g/mol. The summed E-state index contributed by atoms with van der Waals surface area (Å²) in [4.78, 5) is 66.5. The number of fused-ring (bicyclic) bond motifs is 6. The highest BCUT2D eigenvalue weighted by Crippen LogP contribution is 2.49. The molecule has 0 aliphatic carbocycles. The highest BCUT2D eigenvalue weighted by Gasteiger charge is 2.40. The van der Waals surface area contributed by atoms with Gasteiger partial charge in [-0.25, -0.2) is 13.7 Å². The Bertz CT molecular complexity index is 2690. The maximum Gasteiger partial charge on any atom is 0.252 e. The molecule has 0 N–H and O–H groups in total. The Morgan fingerprint density at radius 3 is 2.49 bits per heavy atom. The summed E-state index contributed by atoms with van der Waals surface area (Å²) in [6.45, 7) is 12.3. The number of imidazole rings is 1.